The lowest BCUT2D eigenvalue weighted by atomic mass is 10.1. The Morgan fingerprint density at radius 1 is 1.19 bits per heavy atom. The molecule has 3 heteroatoms. The van der Waals surface area contributed by atoms with Crippen molar-refractivity contribution in [2.75, 3.05) is 13.6 Å². The van der Waals surface area contributed by atoms with Gasteiger partial charge >= 0.3 is 0 Å². The van der Waals surface area contributed by atoms with Gasteiger partial charge in [-0.3, -0.25) is 4.98 Å². The first-order chi connectivity index (χ1) is 7.51. The van der Waals surface area contributed by atoms with Gasteiger partial charge in [-0.2, -0.15) is 0 Å². The molecule has 0 amide bonds. The van der Waals surface area contributed by atoms with Gasteiger partial charge in [0.05, 0.1) is 5.69 Å². The Labute approximate surface area is 98.7 Å². The van der Waals surface area contributed by atoms with E-state index in [1.807, 2.05) is 7.05 Å². The van der Waals surface area contributed by atoms with Gasteiger partial charge in [0.1, 0.15) is 0 Å². The minimum Gasteiger partial charge on any atom is -0.314 e. The highest BCUT2D eigenvalue weighted by atomic mass is 14.9. The van der Waals surface area contributed by atoms with Crippen molar-refractivity contribution in [2.45, 2.75) is 39.3 Å². The van der Waals surface area contributed by atoms with E-state index in [1.165, 1.54) is 0 Å². The van der Waals surface area contributed by atoms with E-state index in [0.717, 1.165) is 30.9 Å². The molecule has 90 valence electrons. The Morgan fingerprint density at radius 2 is 1.88 bits per heavy atom. The molecule has 0 fully saturated rings. The molecule has 0 aliphatic heterocycles. The summed E-state index contributed by atoms with van der Waals surface area (Å²) in [5.41, 5.74) is 2.45. The summed E-state index contributed by atoms with van der Waals surface area (Å²) in [6.45, 7) is 8.34. The second-order valence-corrected chi connectivity index (χ2v) is 5.08. The minimum atomic E-state index is 0.183. The van der Waals surface area contributed by atoms with Crippen LogP contribution in [0.25, 0.3) is 0 Å². The molecule has 1 aromatic heterocycles. The minimum absolute atomic E-state index is 0.183. The number of rotatable bonds is 5. The van der Waals surface area contributed by atoms with Crippen LogP contribution in [0.5, 0.6) is 0 Å². The van der Waals surface area contributed by atoms with Crippen molar-refractivity contribution in [3.8, 4) is 0 Å². The molecule has 0 spiro atoms. The molecule has 0 radical (unpaired) electrons. The van der Waals surface area contributed by atoms with E-state index in [2.05, 4.69) is 54.6 Å². The summed E-state index contributed by atoms with van der Waals surface area (Å²) in [6, 6.07) is 6.22. The zero-order valence-electron chi connectivity index (χ0n) is 10.8. The van der Waals surface area contributed by atoms with Crippen LogP contribution in [0.1, 0.15) is 32.2 Å². The molecule has 0 aliphatic rings. The van der Waals surface area contributed by atoms with Crippen LogP contribution in [-0.2, 0) is 13.0 Å². The van der Waals surface area contributed by atoms with Crippen molar-refractivity contribution in [3.05, 3.63) is 29.6 Å². The van der Waals surface area contributed by atoms with Crippen molar-refractivity contribution < 1.29 is 0 Å². The van der Waals surface area contributed by atoms with E-state index in [0.29, 0.717) is 0 Å². The van der Waals surface area contributed by atoms with E-state index in [1.54, 1.807) is 0 Å². The molecule has 1 rings (SSSR count). The van der Waals surface area contributed by atoms with E-state index < -0.39 is 0 Å². The summed E-state index contributed by atoms with van der Waals surface area (Å²) in [7, 11) is 1.94. The highest BCUT2D eigenvalue weighted by Gasteiger charge is 2.07. The second kappa shape index (κ2) is 5.97. The molecule has 0 saturated carbocycles. The van der Waals surface area contributed by atoms with Crippen molar-refractivity contribution in [3.63, 3.8) is 0 Å². The third-order valence-electron chi connectivity index (χ3n) is 2.26. The first-order valence-electron chi connectivity index (χ1n) is 5.86. The maximum Gasteiger partial charge on any atom is 0.0544 e. The van der Waals surface area contributed by atoms with Crippen molar-refractivity contribution in [1.82, 2.24) is 15.6 Å². The molecule has 0 aliphatic carbocycles. The number of nitrogens with zero attached hydrogens (tertiary/aromatic N) is 1. The van der Waals surface area contributed by atoms with Crippen LogP contribution in [0, 0.1) is 0 Å². The number of aromatic nitrogens is 1. The molecule has 3 nitrogen and oxygen atoms in total. The lowest BCUT2D eigenvalue weighted by Gasteiger charge is -2.20. The monoisotopic (exact) mass is 221 g/mol. The van der Waals surface area contributed by atoms with Crippen LogP contribution in [-0.4, -0.2) is 24.1 Å². The summed E-state index contributed by atoms with van der Waals surface area (Å²) in [5, 5.41) is 6.58. The van der Waals surface area contributed by atoms with Crippen LogP contribution in [0.15, 0.2) is 18.2 Å². The van der Waals surface area contributed by atoms with Gasteiger partial charge in [-0.1, -0.05) is 6.07 Å². The molecule has 0 bridgehead atoms. The Hall–Kier alpha value is -0.930. The number of hydrogen-bond acceptors (Lipinski definition) is 3. The van der Waals surface area contributed by atoms with Crippen molar-refractivity contribution in [2.24, 2.45) is 0 Å². The largest absolute Gasteiger partial charge is 0.314 e. The molecule has 2 N–H and O–H groups in total. The zero-order valence-corrected chi connectivity index (χ0v) is 10.8. The fourth-order valence-electron chi connectivity index (χ4n) is 1.51. The number of hydrogen-bond donors (Lipinski definition) is 2. The maximum absolute atomic E-state index is 4.58. The average molecular weight is 221 g/mol. The van der Waals surface area contributed by atoms with Crippen molar-refractivity contribution >= 4 is 0 Å². The molecular weight excluding hydrogens is 198 g/mol. The summed E-state index contributed by atoms with van der Waals surface area (Å²) >= 11 is 0. The maximum atomic E-state index is 4.58. The second-order valence-electron chi connectivity index (χ2n) is 5.08. The quantitative estimate of drug-likeness (QED) is 0.795. The Balaban J connectivity index is 2.44. The molecule has 1 aromatic rings. The van der Waals surface area contributed by atoms with Gasteiger partial charge in [-0.05, 0) is 40.0 Å². The normalized spacial score (nSPS) is 11.8. The summed E-state index contributed by atoms with van der Waals surface area (Å²) in [4.78, 5) is 4.58. The van der Waals surface area contributed by atoms with Gasteiger partial charge in [0.15, 0.2) is 0 Å². The smallest absolute Gasteiger partial charge is 0.0544 e. The van der Waals surface area contributed by atoms with E-state index in [9.17, 15) is 0 Å². The summed E-state index contributed by atoms with van der Waals surface area (Å²) in [5.74, 6) is 0. The third-order valence-corrected chi connectivity index (χ3v) is 2.26. The van der Waals surface area contributed by atoms with Crippen LogP contribution in [0.2, 0.25) is 0 Å². The van der Waals surface area contributed by atoms with Gasteiger partial charge in [0, 0.05) is 30.7 Å². The standard InChI is InChI=1S/C13H23N3/c1-13(2,3)15-9-8-11-6-5-7-12(16-11)10-14-4/h5-7,14-15H,8-10H2,1-4H3. The Kier molecular flexibility index (Phi) is 4.90. The van der Waals surface area contributed by atoms with E-state index >= 15 is 0 Å². The summed E-state index contributed by atoms with van der Waals surface area (Å²) < 4.78 is 0. The van der Waals surface area contributed by atoms with Gasteiger partial charge in [0.25, 0.3) is 0 Å². The highest BCUT2D eigenvalue weighted by molar-refractivity contribution is 5.11. The first-order valence-corrected chi connectivity index (χ1v) is 5.86. The molecule has 0 aromatic carbocycles. The molecule has 0 saturated heterocycles. The van der Waals surface area contributed by atoms with Crippen LogP contribution in [0.3, 0.4) is 0 Å². The van der Waals surface area contributed by atoms with Crippen LogP contribution in [0.4, 0.5) is 0 Å². The van der Waals surface area contributed by atoms with Gasteiger partial charge in [-0.15, -0.1) is 0 Å². The molecule has 16 heavy (non-hydrogen) atoms. The SMILES string of the molecule is CNCc1cccc(CCNC(C)(C)C)n1. The van der Waals surface area contributed by atoms with E-state index in [4.69, 9.17) is 0 Å². The summed E-state index contributed by atoms with van der Waals surface area (Å²) in [6.07, 6.45) is 0.981. The third kappa shape index (κ3) is 5.24. The first kappa shape index (κ1) is 13.1. The lowest BCUT2D eigenvalue weighted by molar-refractivity contribution is 0.428. The predicted molar refractivity (Wildman–Crippen MR) is 68.5 cm³/mol. The Morgan fingerprint density at radius 3 is 2.50 bits per heavy atom. The van der Waals surface area contributed by atoms with Crippen LogP contribution >= 0.6 is 0 Å². The van der Waals surface area contributed by atoms with Crippen LogP contribution < -0.4 is 10.6 Å². The molecule has 0 atom stereocenters. The lowest BCUT2D eigenvalue weighted by Crippen LogP contribution is -2.37. The topological polar surface area (TPSA) is 37.0 Å². The number of nitrogens with one attached hydrogen (secondary N) is 2. The number of pyridine rings is 1. The van der Waals surface area contributed by atoms with Gasteiger partial charge in [0.2, 0.25) is 0 Å². The fraction of sp³-hybridized carbons (Fsp3) is 0.615. The van der Waals surface area contributed by atoms with Gasteiger partial charge < -0.3 is 10.6 Å². The molecule has 1 heterocycles. The molecule has 0 unspecified atom stereocenters. The van der Waals surface area contributed by atoms with E-state index in [-0.39, 0.29) is 5.54 Å². The zero-order chi connectivity index (χ0) is 12.0. The van der Waals surface area contributed by atoms with Crippen molar-refractivity contribution in [1.29, 1.82) is 0 Å². The predicted octanol–water partition coefficient (Wildman–Crippen LogP) is 1.73. The fourth-order valence-corrected chi connectivity index (χ4v) is 1.51. The molecular formula is C13H23N3. The Bertz CT molecular complexity index is 315. The van der Waals surface area contributed by atoms with Gasteiger partial charge in [-0.25, -0.2) is 0 Å². The highest BCUT2D eigenvalue weighted by Crippen LogP contribution is 2.02. The average Bonchev–Trinajstić information content (AvgIpc) is 2.17.